The summed E-state index contributed by atoms with van der Waals surface area (Å²) < 4.78 is 13.0. The highest BCUT2D eigenvalue weighted by molar-refractivity contribution is 5.90. The molecule has 7 nitrogen and oxygen atoms in total. The second-order valence-electron chi connectivity index (χ2n) is 7.85. The van der Waals surface area contributed by atoms with E-state index in [0.717, 1.165) is 24.4 Å². The van der Waals surface area contributed by atoms with Crippen molar-refractivity contribution in [3.8, 4) is 5.69 Å². The molecule has 150 valence electrons. The van der Waals surface area contributed by atoms with E-state index < -0.39 is 0 Å². The number of nitrogens with zero attached hydrogens (tertiary/aromatic N) is 4. The fourth-order valence-corrected chi connectivity index (χ4v) is 4.04. The molecule has 2 aromatic rings. The van der Waals surface area contributed by atoms with Gasteiger partial charge in [-0.3, -0.25) is 4.79 Å². The average Bonchev–Trinajstić information content (AvgIpc) is 3.37. The van der Waals surface area contributed by atoms with Gasteiger partial charge in [0.15, 0.2) is 6.29 Å². The smallest absolute Gasteiger partial charge is 0.293 e. The van der Waals surface area contributed by atoms with Crippen LogP contribution in [0.25, 0.3) is 5.69 Å². The van der Waals surface area contributed by atoms with E-state index in [9.17, 15) is 4.79 Å². The first-order chi connectivity index (χ1) is 13.5. The molecule has 0 aliphatic carbocycles. The summed E-state index contributed by atoms with van der Waals surface area (Å²) in [6.07, 6.45) is 1.66. The molecule has 28 heavy (non-hydrogen) atoms. The summed E-state index contributed by atoms with van der Waals surface area (Å²) in [5.41, 5.74) is 2.17. The summed E-state index contributed by atoms with van der Waals surface area (Å²) in [7, 11) is 0. The van der Waals surface area contributed by atoms with Crippen molar-refractivity contribution in [2.45, 2.75) is 45.8 Å². The average molecular weight is 384 g/mol. The van der Waals surface area contributed by atoms with Gasteiger partial charge in [0, 0.05) is 19.0 Å². The van der Waals surface area contributed by atoms with Crippen LogP contribution in [-0.4, -0.2) is 58.2 Å². The van der Waals surface area contributed by atoms with Gasteiger partial charge in [-0.15, -0.1) is 5.10 Å². The van der Waals surface area contributed by atoms with Crippen molar-refractivity contribution in [1.29, 1.82) is 0 Å². The molecule has 2 saturated heterocycles. The van der Waals surface area contributed by atoms with Gasteiger partial charge in [-0.05, 0) is 37.3 Å². The maximum Gasteiger partial charge on any atom is 0.293 e. The molecular formula is C21H28N4O3. The van der Waals surface area contributed by atoms with Gasteiger partial charge in [0.2, 0.25) is 5.82 Å². The molecule has 7 heteroatoms. The number of benzene rings is 1. The van der Waals surface area contributed by atoms with Gasteiger partial charge >= 0.3 is 0 Å². The molecule has 4 rings (SSSR count). The number of aryl methyl sites for hydroxylation is 1. The minimum absolute atomic E-state index is 0.101. The second-order valence-corrected chi connectivity index (χ2v) is 7.85. The lowest BCUT2D eigenvalue weighted by Crippen LogP contribution is -2.41. The van der Waals surface area contributed by atoms with Crippen molar-refractivity contribution in [3.63, 3.8) is 0 Å². The Kier molecular flexibility index (Phi) is 5.46. The molecule has 0 unspecified atom stereocenters. The van der Waals surface area contributed by atoms with E-state index in [1.165, 1.54) is 5.56 Å². The fraction of sp³-hybridized carbons (Fsp3) is 0.571. The molecule has 1 aromatic heterocycles. The highest BCUT2D eigenvalue weighted by Crippen LogP contribution is 2.27. The zero-order valence-corrected chi connectivity index (χ0v) is 16.8. The van der Waals surface area contributed by atoms with Gasteiger partial charge in [-0.2, -0.15) is 0 Å². The number of hydrogen-bond acceptors (Lipinski definition) is 5. The Morgan fingerprint density at radius 1 is 1.14 bits per heavy atom. The van der Waals surface area contributed by atoms with Gasteiger partial charge in [0.1, 0.15) is 5.82 Å². The van der Waals surface area contributed by atoms with Crippen LogP contribution in [0.2, 0.25) is 0 Å². The largest absolute Gasteiger partial charge is 0.350 e. The topological polar surface area (TPSA) is 69.5 Å². The molecular weight excluding hydrogens is 356 g/mol. The summed E-state index contributed by atoms with van der Waals surface area (Å²) in [5.74, 6) is 1.60. The number of aromatic nitrogens is 3. The third-order valence-electron chi connectivity index (χ3n) is 5.61. The zero-order valence-electron chi connectivity index (χ0n) is 16.8. The Morgan fingerprint density at radius 2 is 1.82 bits per heavy atom. The number of carbonyl (C=O) groups excluding carboxylic acids is 1. The van der Waals surface area contributed by atoms with Crippen molar-refractivity contribution < 1.29 is 14.3 Å². The van der Waals surface area contributed by atoms with Crippen molar-refractivity contribution in [1.82, 2.24) is 19.7 Å². The van der Waals surface area contributed by atoms with Crippen LogP contribution < -0.4 is 0 Å². The Hall–Kier alpha value is -2.25. The van der Waals surface area contributed by atoms with E-state index in [1.807, 2.05) is 30.0 Å². The Bertz CT molecular complexity index is 834. The van der Waals surface area contributed by atoms with Crippen LogP contribution in [0.3, 0.4) is 0 Å². The number of para-hydroxylation sites is 1. The molecule has 0 radical (unpaired) electrons. The molecule has 1 aromatic carbocycles. The first kappa shape index (κ1) is 19.1. The number of likely N-dealkylation sites (tertiary alicyclic amines) is 1. The highest BCUT2D eigenvalue weighted by atomic mass is 16.7. The minimum Gasteiger partial charge on any atom is -0.350 e. The number of carbonyl (C=O) groups is 1. The normalized spacial score (nSPS) is 18.9. The molecule has 0 bridgehead atoms. The standard InChI is InChI=1S/C21H28N4O3/c1-14(2)17-6-4-5-7-18(17)25-15(3)22-19(23-25)20(26)24-10-8-16(9-11-24)21-27-12-13-28-21/h4-7,14,16,21H,8-13H2,1-3H3. The maximum absolute atomic E-state index is 13.0. The van der Waals surface area contributed by atoms with Gasteiger partial charge in [0.25, 0.3) is 5.91 Å². The van der Waals surface area contributed by atoms with Crippen LogP contribution in [0.4, 0.5) is 0 Å². The highest BCUT2D eigenvalue weighted by Gasteiger charge is 2.33. The van der Waals surface area contributed by atoms with Crippen molar-refractivity contribution in [2.24, 2.45) is 5.92 Å². The molecule has 0 N–H and O–H groups in total. The lowest BCUT2D eigenvalue weighted by Gasteiger charge is -2.33. The molecule has 3 heterocycles. The summed E-state index contributed by atoms with van der Waals surface area (Å²) in [6, 6.07) is 8.14. The van der Waals surface area contributed by atoms with Crippen molar-refractivity contribution >= 4 is 5.91 Å². The quantitative estimate of drug-likeness (QED) is 0.811. The van der Waals surface area contributed by atoms with E-state index in [4.69, 9.17) is 9.47 Å². The van der Waals surface area contributed by atoms with Gasteiger partial charge in [-0.1, -0.05) is 32.0 Å². The lowest BCUT2D eigenvalue weighted by molar-refractivity contribution is -0.0956. The van der Waals surface area contributed by atoms with Gasteiger partial charge < -0.3 is 14.4 Å². The minimum atomic E-state index is -0.107. The summed E-state index contributed by atoms with van der Waals surface area (Å²) in [4.78, 5) is 19.3. The summed E-state index contributed by atoms with van der Waals surface area (Å²) >= 11 is 0. The Balaban J connectivity index is 1.49. The van der Waals surface area contributed by atoms with E-state index in [0.29, 0.717) is 38.1 Å². The van der Waals surface area contributed by atoms with Crippen LogP contribution in [0.1, 0.15) is 54.6 Å². The zero-order chi connectivity index (χ0) is 19.7. The van der Waals surface area contributed by atoms with Crippen LogP contribution in [0.5, 0.6) is 0 Å². The number of hydrogen-bond donors (Lipinski definition) is 0. The third kappa shape index (κ3) is 3.69. The van der Waals surface area contributed by atoms with Gasteiger partial charge in [-0.25, -0.2) is 9.67 Å². The molecule has 0 spiro atoms. The molecule has 0 atom stereocenters. The lowest BCUT2D eigenvalue weighted by atomic mass is 9.96. The number of rotatable bonds is 4. The van der Waals surface area contributed by atoms with Crippen LogP contribution in [-0.2, 0) is 9.47 Å². The maximum atomic E-state index is 13.0. The second kappa shape index (κ2) is 8.01. The van der Waals surface area contributed by atoms with E-state index in [-0.39, 0.29) is 18.0 Å². The predicted molar refractivity (Wildman–Crippen MR) is 105 cm³/mol. The SMILES string of the molecule is Cc1nc(C(=O)N2CCC(C3OCCO3)CC2)nn1-c1ccccc1C(C)C. The third-order valence-corrected chi connectivity index (χ3v) is 5.61. The number of ether oxygens (including phenoxy) is 2. The predicted octanol–water partition coefficient (Wildman–Crippen LogP) is 2.92. The Labute approximate surface area is 165 Å². The van der Waals surface area contributed by atoms with Gasteiger partial charge in [0.05, 0.1) is 18.9 Å². The number of piperidine rings is 1. The van der Waals surface area contributed by atoms with Crippen LogP contribution in [0.15, 0.2) is 24.3 Å². The molecule has 2 aliphatic heterocycles. The van der Waals surface area contributed by atoms with E-state index in [1.54, 1.807) is 4.68 Å². The van der Waals surface area contributed by atoms with Crippen molar-refractivity contribution in [3.05, 3.63) is 41.5 Å². The van der Waals surface area contributed by atoms with E-state index in [2.05, 4.69) is 30.0 Å². The van der Waals surface area contributed by atoms with Crippen LogP contribution >= 0.6 is 0 Å². The molecule has 2 fully saturated rings. The van der Waals surface area contributed by atoms with Crippen molar-refractivity contribution in [2.75, 3.05) is 26.3 Å². The molecule has 2 aliphatic rings. The van der Waals surface area contributed by atoms with E-state index >= 15 is 0 Å². The monoisotopic (exact) mass is 384 g/mol. The number of amides is 1. The molecule has 1 amide bonds. The Morgan fingerprint density at radius 3 is 2.50 bits per heavy atom. The first-order valence-corrected chi connectivity index (χ1v) is 10.1. The fourth-order valence-electron chi connectivity index (χ4n) is 4.04. The summed E-state index contributed by atoms with van der Waals surface area (Å²) in [5, 5.41) is 4.56. The summed E-state index contributed by atoms with van der Waals surface area (Å²) in [6.45, 7) is 8.90. The molecule has 0 saturated carbocycles. The van der Waals surface area contributed by atoms with Crippen LogP contribution in [0, 0.1) is 12.8 Å². The first-order valence-electron chi connectivity index (χ1n) is 10.1.